The topological polar surface area (TPSA) is 43.6 Å². The summed E-state index contributed by atoms with van der Waals surface area (Å²) >= 11 is 0. The predicted octanol–water partition coefficient (Wildman–Crippen LogP) is 4.50. The molecule has 0 saturated heterocycles. The summed E-state index contributed by atoms with van der Waals surface area (Å²) in [5, 5.41) is 4.07. The number of nitrogens with zero attached hydrogens (tertiary/aromatic N) is 4. The molecule has 0 N–H and O–H groups in total. The van der Waals surface area contributed by atoms with Crippen LogP contribution in [-0.2, 0) is 6.18 Å². The van der Waals surface area contributed by atoms with Crippen LogP contribution in [0.4, 0.5) is 13.2 Å². The second kappa shape index (κ2) is 5.70. The average molecular weight is 340 g/mol. The van der Waals surface area contributed by atoms with E-state index in [9.17, 15) is 13.2 Å². The van der Waals surface area contributed by atoms with Crippen LogP contribution in [0, 0.1) is 0 Å². The van der Waals surface area contributed by atoms with Crippen LogP contribution in [0.25, 0.3) is 28.0 Å². The summed E-state index contributed by atoms with van der Waals surface area (Å²) in [5.74, 6) is 0. The van der Waals surface area contributed by atoms with Crippen LogP contribution in [-0.4, -0.2) is 19.7 Å². The predicted molar refractivity (Wildman–Crippen MR) is 87.1 cm³/mol. The van der Waals surface area contributed by atoms with Gasteiger partial charge >= 0.3 is 6.18 Å². The van der Waals surface area contributed by atoms with Crippen molar-refractivity contribution in [2.24, 2.45) is 0 Å². The Balaban J connectivity index is 1.78. The third-order valence-electron chi connectivity index (χ3n) is 3.78. The zero-order valence-corrected chi connectivity index (χ0v) is 12.8. The van der Waals surface area contributed by atoms with Crippen LogP contribution in [0.2, 0.25) is 0 Å². The van der Waals surface area contributed by atoms with Crippen LogP contribution < -0.4 is 0 Å². The maximum atomic E-state index is 13.2. The van der Waals surface area contributed by atoms with Crippen molar-refractivity contribution >= 4 is 11.0 Å². The Labute approximate surface area is 140 Å². The molecule has 0 spiro atoms. The SMILES string of the molecule is FC(F)(F)c1ccccc1-n1cc(-c2cnc3ccccc3n2)cn1. The molecule has 25 heavy (non-hydrogen) atoms. The number of benzene rings is 2. The van der Waals surface area contributed by atoms with Gasteiger partial charge in [-0.2, -0.15) is 18.3 Å². The van der Waals surface area contributed by atoms with Gasteiger partial charge in [0.05, 0.1) is 40.4 Å². The highest BCUT2D eigenvalue weighted by atomic mass is 19.4. The minimum atomic E-state index is -4.45. The average Bonchev–Trinajstić information content (AvgIpc) is 3.10. The Morgan fingerprint density at radius 3 is 2.36 bits per heavy atom. The molecule has 0 aliphatic rings. The Kier molecular flexibility index (Phi) is 3.49. The molecule has 0 bridgehead atoms. The minimum Gasteiger partial charge on any atom is -0.252 e. The lowest BCUT2D eigenvalue weighted by molar-refractivity contribution is -0.137. The number of aromatic nitrogens is 4. The fraction of sp³-hybridized carbons (Fsp3) is 0.0556. The van der Waals surface area contributed by atoms with Crippen LogP contribution in [0.1, 0.15) is 5.56 Å². The first-order chi connectivity index (χ1) is 12.0. The summed E-state index contributed by atoms with van der Waals surface area (Å²) < 4.78 is 40.7. The third kappa shape index (κ3) is 2.84. The van der Waals surface area contributed by atoms with E-state index in [2.05, 4.69) is 15.1 Å². The van der Waals surface area contributed by atoms with Crippen molar-refractivity contribution in [1.82, 2.24) is 19.7 Å². The van der Waals surface area contributed by atoms with Gasteiger partial charge in [0.1, 0.15) is 0 Å². The fourth-order valence-electron chi connectivity index (χ4n) is 2.60. The van der Waals surface area contributed by atoms with Crippen molar-refractivity contribution in [1.29, 1.82) is 0 Å². The number of rotatable bonds is 2. The number of hydrogen-bond donors (Lipinski definition) is 0. The number of halogens is 3. The third-order valence-corrected chi connectivity index (χ3v) is 3.78. The van der Waals surface area contributed by atoms with Crippen molar-refractivity contribution in [3.8, 4) is 16.9 Å². The van der Waals surface area contributed by atoms with E-state index in [1.165, 1.54) is 29.2 Å². The summed E-state index contributed by atoms with van der Waals surface area (Å²) in [7, 11) is 0. The number of para-hydroxylation sites is 3. The van der Waals surface area contributed by atoms with Crippen LogP contribution >= 0.6 is 0 Å². The zero-order chi connectivity index (χ0) is 17.4. The van der Waals surface area contributed by atoms with E-state index < -0.39 is 11.7 Å². The summed E-state index contributed by atoms with van der Waals surface area (Å²) in [6.45, 7) is 0. The highest BCUT2D eigenvalue weighted by Crippen LogP contribution is 2.33. The molecule has 0 saturated carbocycles. The lowest BCUT2D eigenvalue weighted by Crippen LogP contribution is -2.10. The molecule has 0 aliphatic heterocycles. The van der Waals surface area contributed by atoms with Crippen LogP contribution in [0.3, 0.4) is 0 Å². The van der Waals surface area contributed by atoms with Gasteiger partial charge in [0.15, 0.2) is 0 Å². The lowest BCUT2D eigenvalue weighted by Gasteiger charge is -2.12. The van der Waals surface area contributed by atoms with E-state index in [0.717, 1.165) is 11.6 Å². The molecule has 0 fully saturated rings. The van der Waals surface area contributed by atoms with Gasteiger partial charge in [-0.1, -0.05) is 24.3 Å². The van der Waals surface area contributed by atoms with Crippen LogP contribution in [0.15, 0.2) is 67.1 Å². The Morgan fingerprint density at radius 2 is 1.56 bits per heavy atom. The Morgan fingerprint density at radius 1 is 0.840 bits per heavy atom. The standard InChI is InChI=1S/C18H11F3N4/c19-18(20,21)13-5-1-4-8-17(13)25-11-12(9-23-25)16-10-22-14-6-2-3-7-15(14)24-16/h1-11H. The van der Waals surface area contributed by atoms with Crippen molar-refractivity contribution < 1.29 is 13.2 Å². The van der Waals surface area contributed by atoms with Gasteiger partial charge in [-0.25, -0.2) is 9.67 Å². The molecule has 2 heterocycles. The van der Waals surface area contributed by atoms with Gasteiger partial charge in [0.25, 0.3) is 0 Å². The summed E-state index contributed by atoms with van der Waals surface area (Å²) in [4.78, 5) is 8.80. The van der Waals surface area contributed by atoms with E-state index in [1.807, 2.05) is 24.3 Å². The first kappa shape index (κ1) is 15.3. The number of fused-ring (bicyclic) bond motifs is 1. The molecule has 0 unspecified atom stereocenters. The summed E-state index contributed by atoms with van der Waals surface area (Å²) in [6.07, 6.45) is 0.125. The summed E-state index contributed by atoms with van der Waals surface area (Å²) in [5.41, 5.74) is 1.83. The second-order valence-electron chi connectivity index (χ2n) is 5.43. The monoisotopic (exact) mass is 340 g/mol. The molecular formula is C18H11F3N4. The molecule has 4 nitrogen and oxygen atoms in total. The van der Waals surface area contributed by atoms with Gasteiger partial charge in [-0.15, -0.1) is 0 Å². The van der Waals surface area contributed by atoms with Gasteiger partial charge in [-0.05, 0) is 24.3 Å². The first-order valence-corrected chi connectivity index (χ1v) is 7.46. The molecule has 0 aliphatic carbocycles. The highest BCUT2D eigenvalue weighted by Gasteiger charge is 2.33. The largest absolute Gasteiger partial charge is 0.418 e. The van der Waals surface area contributed by atoms with Gasteiger partial charge in [0.2, 0.25) is 0 Å². The molecule has 124 valence electrons. The Bertz CT molecular complexity index is 1050. The van der Waals surface area contributed by atoms with Crippen molar-refractivity contribution in [2.45, 2.75) is 6.18 Å². The highest BCUT2D eigenvalue weighted by molar-refractivity contribution is 5.76. The first-order valence-electron chi connectivity index (χ1n) is 7.46. The molecule has 0 atom stereocenters. The van der Waals surface area contributed by atoms with E-state index in [-0.39, 0.29) is 5.69 Å². The molecule has 4 aromatic rings. The maximum absolute atomic E-state index is 13.2. The Hall–Kier alpha value is -3.22. The van der Waals surface area contributed by atoms with Gasteiger partial charge in [-0.3, -0.25) is 4.98 Å². The maximum Gasteiger partial charge on any atom is 0.418 e. The van der Waals surface area contributed by atoms with Gasteiger partial charge < -0.3 is 0 Å². The molecule has 0 radical (unpaired) electrons. The quantitative estimate of drug-likeness (QED) is 0.540. The second-order valence-corrected chi connectivity index (χ2v) is 5.43. The van der Waals surface area contributed by atoms with E-state index in [1.54, 1.807) is 12.3 Å². The molecular weight excluding hydrogens is 329 g/mol. The van der Waals surface area contributed by atoms with Gasteiger partial charge in [0, 0.05) is 11.8 Å². The molecule has 2 aromatic carbocycles. The molecule has 2 aromatic heterocycles. The van der Waals surface area contributed by atoms with E-state index >= 15 is 0 Å². The normalized spacial score (nSPS) is 11.8. The van der Waals surface area contributed by atoms with Crippen molar-refractivity contribution in [3.63, 3.8) is 0 Å². The smallest absolute Gasteiger partial charge is 0.252 e. The zero-order valence-electron chi connectivity index (χ0n) is 12.8. The van der Waals surface area contributed by atoms with Crippen molar-refractivity contribution in [2.75, 3.05) is 0 Å². The molecule has 4 rings (SSSR count). The number of hydrogen-bond acceptors (Lipinski definition) is 3. The van der Waals surface area contributed by atoms with Crippen LogP contribution in [0.5, 0.6) is 0 Å². The molecule has 7 heteroatoms. The lowest BCUT2D eigenvalue weighted by atomic mass is 10.1. The summed E-state index contributed by atoms with van der Waals surface area (Å²) in [6, 6.07) is 12.7. The van der Waals surface area contributed by atoms with E-state index in [0.29, 0.717) is 16.8 Å². The minimum absolute atomic E-state index is 0.0324. The van der Waals surface area contributed by atoms with E-state index in [4.69, 9.17) is 0 Å². The number of alkyl halides is 3. The van der Waals surface area contributed by atoms with Crippen molar-refractivity contribution in [3.05, 3.63) is 72.7 Å². The molecule has 0 amide bonds. The fourth-order valence-corrected chi connectivity index (χ4v) is 2.60.